The predicted molar refractivity (Wildman–Crippen MR) is 108 cm³/mol. The molecule has 1 aromatic carbocycles. The summed E-state index contributed by atoms with van der Waals surface area (Å²) in [7, 11) is 4.10. The molecule has 0 N–H and O–H groups in total. The summed E-state index contributed by atoms with van der Waals surface area (Å²) in [6, 6.07) is 8.19. The van der Waals surface area contributed by atoms with Crippen molar-refractivity contribution in [1.82, 2.24) is 9.80 Å². The fraction of sp³-hybridized carbons (Fsp3) is 0.600. The average molecular weight is 376 g/mol. The molecule has 0 aliphatic carbocycles. The van der Waals surface area contributed by atoms with Crippen LogP contribution in [0.25, 0.3) is 0 Å². The van der Waals surface area contributed by atoms with Crippen LogP contribution in [0.4, 0.5) is 5.69 Å². The van der Waals surface area contributed by atoms with Gasteiger partial charge in [-0.2, -0.15) is 11.8 Å². The molecule has 2 saturated heterocycles. The Morgan fingerprint density at radius 2 is 2.00 bits per heavy atom. The van der Waals surface area contributed by atoms with Crippen molar-refractivity contribution in [2.75, 3.05) is 50.1 Å². The van der Waals surface area contributed by atoms with Gasteiger partial charge in [-0.15, -0.1) is 0 Å². The van der Waals surface area contributed by atoms with Crippen LogP contribution in [0, 0.1) is 12.8 Å². The minimum absolute atomic E-state index is 0.0561. The van der Waals surface area contributed by atoms with E-state index in [0.717, 1.165) is 36.7 Å². The fourth-order valence-corrected chi connectivity index (χ4v) is 4.83. The monoisotopic (exact) mass is 375 g/mol. The van der Waals surface area contributed by atoms with Gasteiger partial charge in [0.15, 0.2) is 0 Å². The normalized spacial score (nSPS) is 24.2. The first-order valence-corrected chi connectivity index (χ1v) is 10.5. The number of hydrogen-bond acceptors (Lipinski definition) is 4. The maximum absolute atomic E-state index is 13.2. The number of aryl methyl sites for hydroxylation is 1. The molecule has 0 aromatic heterocycles. The number of likely N-dealkylation sites (N-methyl/N-ethyl adjacent to an activating group) is 1. The summed E-state index contributed by atoms with van der Waals surface area (Å²) in [5.41, 5.74) is 2.06. The number of carbonyl (C=O) groups excluding carboxylic acids is 2. The van der Waals surface area contributed by atoms with Crippen LogP contribution < -0.4 is 4.90 Å². The van der Waals surface area contributed by atoms with Gasteiger partial charge in [0, 0.05) is 37.5 Å². The number of hydrogen-bond donors (Lipinski definition) is 0. The van der Waals surface area contributed by atoms with Gasteiger partial charge in [-0.25, -0.2) is 0 Å². The van der Waals surface area contributed by atoms with Gasteiger partial charge in [-0.3, -0.25) is 9.59 Å². The highest BCUT2D eigenvalue weighted by atomic mass is 32.2. The zero-order valence-electron chi connectivity index (χ0n) is 16.0. The van der Waals surface area contributed by atoms with Crippen molar-refractivity contribution in [2.45, 2.75) is 25.8 Å². The van der Waals surface area contributed by atoms with E-state index in [1.165, 1.54) is 5.56 Å². The minimum atomic E-state index is -0.225. The van der Waals surface area contributed by atoms with E-state index in [-0.39, 0.29) is 23.8 Å². The van der Waals surface area contributed by atoms with Crippen LogP contribution in [0.1, 0.15) is 18.4 Å². The highest BCUT2D eigenvalue weighted by molar-refractivity contribution is 7.99. The molecule has 142 valence electrons. The Morgan fingerprint density at radius 1 is 1.27 bits per heavy atom. The van der Waals surface area contributed by atoms with E-state index in [1.54, 1.807) is 4.90 Å². The molecule has 2 aliphatic rings. The van der Waals surface area contributed by atoms with E-state index in [1.807, 2.05) is 43.0 Å². The van der Waals surface area contributed by atoms with Crippen molar-refractivity contribution in [1.29, 1.82) is 0 Å². The third-order valence-electron chi connectivity index (χ3n) is 5.12. The number of benzene rings is 1. The lowest BCUT2D eigenvalue weighted by Gasteiger charge is -2.33. The standard InChI is InChI=1S/C20H29N3O2S/c1-15-5-7-17(8-6-15)23-12-16(11-19(23)24)20(25)22-9-4-10-26-14-18(22)13-21(2)3/h5-8,16,18H,4,9-14H2,1-3H3. The van der Waals surface area contributed by atoms with Crippen molar-refractivity contribution in [3.63, 3.8) is 0 Å². The molecule has 5 nitrogen and oxygen atoms in total. The molecule has 0 saturated carbocycles. The second-order valence-corrected chi connectivity index (χ2v) is 8.77. The molecule has 2 atom stereocenters. The van der Waals surface area contributed by atoms with Gasteiger partial charge in [0.05, 0.1) is 12.0 Å². The summed E-state index contributed by atoms with van der Waals surface area (Å²) in [6.45, 7) is 4.21. The van der Waals surface area contributed by atoms with Gasteiger partial charge in [-0.05, 0) is 45.3 Å². The first-order chi connectivity index (χ1) is 12.5. The lowest BCUT2D eigenvalue weighted by Crippen LogP contribution is -2.49. The molecule has 2 fully saturated rings. The summed E-state index contributed by atoms with van der Waals surface area (Å²) < 4.78 is 0. The summed E-state index contributed by atoms with van der Waals surface area (Å²) in [4.78, 5) is 31.7. The molecule has 2 aliphatic heterocycles. The Labute approximate surface area is 160 Å². The number of carbonyl (C=O) groups is 2. The van der Waals surface area contributed by atoms with E-state index in [4.69, 9.17) is 0 Å². The van der Waals surface area contributed by atoms with Gasteiger partial charge in [-0.1, -0.05) is 17.7 Å². The Balaban J connectivity index is 1.72. The number of thioether (sulfide) groups is 1. The first kappa shape index (κ1) is 19.2. The zero-order chi connectivity index (χ0) is 18.7. The molecule has 0 bridgehead atoms. The van der Waals surface area contributed by atoms with Gasteiger partial charge >= 0.3 is 0 Å². The van der Waals surface area contributed by atoms with Crippen molar-refractivity contribution in [3.8, 4) is 0 Å². The molecule has 6 heteroatoms. The minimum Gasteiger partial charge on any atom is -0.337 e. The van der Waals surface area contributed by atoms with Gasteiger partial charge in [0.1, 0.15) is 0 Å². The molecular formula is C20H29N3O2S. The van der Waals surface area contributed by atoms with Gasteiger partial charge in [0.2, 0.25) is 11.8 Å². The van der Waals surface area contributed by atoms with Crippen LogP contribution in [0.2, 0.25) is 0 Å². The third kappa shape index (κ3) is 4.41. The van der Waals surface area contributed by atoms with Crippen molar-refractivity contribution < 1.29 is 9.59 Å². The van der Waals surface area contributed by atoms with Crippen LogP contribution in [0.15, 0.2) is 24.3 Å². The summed E-state index contributed by atoms with van der Waals surface area (Å²) in [5.74, 6) is 2.07. The first-order valence-electron chi connectivity index (χ1n) is 9.35. The number of nitrogens with zero attached hydrogens (tertiary/aromatic N) is 3. The Kier molecular flexibility index (Phi) is 6.24. The summed E-state index contributed by atoms with van der Waals surface area (Å²) in [5, 5.41) is 0. The average Bonchev–Trinajstić information content (AvgIpc) is 2.84. The van der Waals surface area contributed by atoms with Gasteiger partial charge < -0.3 is 14.7 Å². The molecule has 0 radical (unpaired) electrons. The molecule has 3 rings (SSSR count). The maximum atomic E-state index is 13.2. The van der Waals surface area contributed by atoms with Crippen LogP contribution in [-0.2, 0) is 9.59 Å². The summed E-state index contributed by atoms with van der Waals surface area (Å²) >= 11 is 1.93. The van der Waals surface area contributed by atoms with Crippen molar-refractivity contribution >= 4 is 29.3 Å². The molecule has 2 heterocycles. The number of amides is 2. The van der Waals surface area contributed by atoms with E-state index in [0.29, 0.717) is 13.0 Å². The predicted octanol–water partition coefficient (Wildman–Crippen LogP) is 2.24. The van der Waals surface area contributed by atoms with Crippen LogP contribution in [0.5, 0.6) is 0 Å². The Bertz CT molecular complexity index is 647. The zero-order valence-corrected chi connectivity index (χ0v) is 16.8. The van der Waals surface area contributed by atoms with Crippen LogP contribution in [0.3, 0.4) is 0 Å². The van der Waals surface area contributed by atoms with Crippen molar-refractivity contribution in [2.24, 2.45) is 5.92 Å². The van der Waals surface area contributed by atoms with Gasteiger partial charge in [0.25, 0.3) is 0 Å². The lowest BCUT2D eigenvalue weighted by molar-refractivity contribution is -0.137. The number of rotatable bonds is 4. The molecule has 1 aromatic rings. The third-order valence-corrected chi connectivity index (χ3v) is 6.32. The largest absolute Gasteiger partial charge is 0.337 e. The molecule has 26 heavy (non-hydrogen) atoms. The molecular weight excluding hydrogens is 346 g/mol. The second kappa shape index (κ2) is 8.44. The quantitative estimate of drug-likeness (QED) is 0.810. The topological polar surface area (TPSA) is 43.9 Å². The van der Waals surface area contributed by atoms with Crippen LogP contribution >= 0.6 is 11.8 Å². The Morgan fingerprint density at radius 3 is 2.69 bits per heavy atom. The Hall–Kier alpha value is -1.53. The second-order valence-electron chi connectivity index (χ2n) is 7.62. The fourth-order valence-electron chi connectivity index (χ4n) is 3.77. The lowest BCUT2D eigenvalue weighted by atomic mass is 10.1. The SMILES string of the molecule is Cc1ccc(N2CC(C(=O)N3CCCSCC3CN(C)C)CC2=O)cc1. The molecule has 2 amide bonds. The van der Waals surface area contributed by atoms with Crippen LogP contribution in [-0.4, -0.2) is 72.9 Å². The maximum Gasteiger partial charge on any atom is 0.228 e. The summed E-state index contributed by atoms with van der Waals surface area (Å²) in [6.07, 6.45) is 1.35. The van der Waals surface area contributed by atoms with E-state index in [2.05, 4.69) is 23.9 Å². The highest BCUT2D eigenvalue weighted by Gasteiger charge is 2.39. The molecule has 2 unspecified atom stereocenters. The van der Waals surface area contributed by atoms with E-state index in [9.17, 15) is 9.59 Å². The van der Waals surface area contributed by atoms with E-state index < -0.39 is 0 Å². The highest BCUT2D eigenvalue weighted by Crippen LogP contribution is 2.28. The smallest absolute Gasteiger partial charge is 0.228 e. The van der Waals surface area contributed by atoms with E-state index >= 15 is 0 Å². The molecule has 0 spiro atoms. The van der Waals surface area contributed by atoms with Crippen molar-refractivity contribution in [3.05, 3.63) is 29.8 Å². The number of anilines is 1.